The third kappa shape index (κ3) is 3.24. The van der Waals surface area contributed by atoms with E-state index in [-0.39, 0.29) is 35.9 Å². The molecule has 2 bridgehead atoms. The van der Waals surface area contributed by atoms with Crippen molar-refractivity contribution in [1.82, 2.24) is 14.8 Å². The number of fused-ring (bicyclic) bond motifs is 2. The van der Waals surface area contributed by atoms with Gasteiger partial charge in [-0.05, 0) is 50.5 Å². The fraction of sp³-hybridized carbons (Fsp3) is 0.600. The largest absolute Gasteiger partial charge is 0.333 e. The predicted molar refractivity (Wildman–Crippen MR) is 98.2 cm³/mol. The smallest absolute Gasteiger partial charge is 0.254 e. The van der Waals surface area contributed by atoms with Gasteiger partial charge in [0.2, 0.25) is 11.9 Å². The van der Waals surface area contributed by atoms with Crippen LogP contribution < -0.4 is 5.73 Å². The molecule has 0 aromatic carbocycles. The Kier molecular flexibility index (Phi) is 5.02. The van der Waals surface area contributed by atoms with Crippen molar-refractivity contribution in [2.45, 2.75) is 62.7 Å². The number of piperidine rings is 1. The highest BCUT2D eigenvalue weighted by Gasteiger charge is 2.47. The third-order valence-electron chi connectivity index (χ3n) is 6.46. The minimum absolute atomic E-state index is 0.0108. The molecule has 1 aromatic heterocycles. The molecule has 7 nitrogen and oxygen atoms in total. The molecule has 0 saturated carbocycles. The molecule has 148 valence electrons. The first-order chi connectivity index (χ1) is 13.5. The molecule has 1 aromatic rings. The van der Waals surface area contributed by atoms with Gasteiger partial charge in [-0.3, -0.25) is 9.59 Å². The van der Waals surface area contributed by atoms with E-state index in [1.807, 2.05) is 4.90 Å². The Hall–Kier alpha value is -2.53. The van der Waals surface area contributed by atoms with Crippen LogP contribution in [0.3, 0.4) is 0 Å². The first-order valence-electron chi connectivity index (χ1n) is 9.89. The topological polar surface area (TPSA) is 103 Å². The van der Waals surface area contributed by atoms with Crippen molar-refractivity contribution < 1.29 is 14.0 Å². The quantitative estimate of drug-likeness (QED) is 0.793. The monoisotopic (exact) mass is 385 g/mol. The maximum Gasteiger partial charge on any atom is 0.254 e. The fourth-order valence-corrected chi connectivity index (χ4v) is 5.09. The summed E-state index contributed by atoms with van der Waals surface area (Å²) in [6.45, 7) is 0.586. The lowest BCUT2D eigenvalue weighted by atomic mass is 9.84. The van der Waals surface area contributed by atoms with Gasteiger partial charge in [-0.15, -0.1) is 0 Å². The zero-order valence-corrected chi connectivity index (χ0v) is 15.6. The normalized spacial score (nSPS) is 30.2. The molecule has 2 unspecified atom stereocenters. The van der Waals surface area contributed by atoms with Crippen LogP contribution in [-0.2, 0) is 4.79 Å². The van der Waals surface area contributed by atoms with Crippen LogP contribution in [-0.4, -0.2) is 57.3 Å². The van der Waals surface area contributed by atoms with Gasteiger partial charge in [0.1, 0.15) is 6.04 Å². The van der Waals surface area contributed by atoms with Crippen LogP contribution in [0, 0.1) is 23.2 Å². The summed E-state index contributed by atoms with van der Waals surface area (Å²) in [4.78, 5) is 32.7. The third-order valence-corrected chi connectivity index (χ3v) is 6.46. The van der Waals surface area contributed by atoms with Gasteiger partial charge in [0.05, 0.1) is 12.1 Å². The Morgan fingerprint density at radius 1 is 1.29 bits per heavy atom. The Morgan fingerprint density at radius 2 is 2.00 bits per heavy atom. The van der Waals surface area contributed by atoms with Gasteiger partial charge in [0, 0.05) is 36.5 Å². The number of aromatic nitrogens is 1. The van der Waals surface area contributed by atoms with E-state index in [4.69, 9.17) is 5.73 Å². The number of hydrogen-bond acceptors (Lipinski definition) is 5. The minimum Gasteiger partial charge on any atom is -0.333 e. The van der Waals surface area contributed by atoms with Crippen molar-refractivity contribution in [3.05, 3.63) is 29.8 Å². The Bertz CT molecular complexity index is 811. The molecule has 3 aliphatic rings. The van der Waals surface area contributed by atoms with Crippen molar-refractivity contribution in [2.75, 3.05) is 6.54 Å². The molecule has 4 atom stereocenters. The second-order valence-electron chi connectivity index (χ2n) is 8.04. The van der Waals surface area contributed by atoms with Crippen LogP contribution in [0.4, 0.5) is 4.39 Å². The molecule has 3 fully saturated rings. The molecular weight excluding hydrogens is 361 g/mol. The number of carbonyl (C=O) groups is 2. The van der Waals surface area contributed by atoms with Gasteiger partial charge in [-0.2, -0.15) is 9.65 Å². The fourth-order valence-electron chi connectivity index (χ4n) is 5.09. The summed E-state index contributed by atoms with van der Waals surface area (Å²) in [5.74, 6) is -1.01. The van der Waals surface area contributed by atoms with Gasteiger partial charge >= 0.3 is 0 Å². The summed E-state index contributed by atoms with van der Waals surface area (Å²) in [7, 11) is 0. The number of nitrogens with zero attached hydrogens (tertiary/aromatic N) is 4. The van der Waals surface area contributed by atoms with Crippen molar-refractivity contribution >= 4 is 11.8 Å². The van der Waals surface area contributed by atoms with Crippen molar-refractivity contribution in [2.24, 2.45) is 11.7 Å². The number of hydrogen-bond donors (Lipinski definition) is 1. The standard InChI is InChI=1S/C20H24FN5O2/c21-17-10-12(5-6-24-17)19(27)26-14-3-4-15(26)9-13(8-14)18(23)20(28)25-7-1-2-16(25)11-22/h5-6,10,13-16,18H,1-4,7-9,23H2/t13?,14?,15?,16-,18-/m0/s1. The highest BCUT2D eigenvalue weighted by molar-refractivity contribution is 5.94. The summed E-state index contributed by atoms with van der Waals surface area (Å²) < 4.78 is 13.4. The number of amides is 2. The zero-order chi connectivity index (χ0) is 19.8. The summed E-state index contributed by atoms with van der Waals surface area (Å²) in [5, 5.41) is 9.24. The summed E-state index contributed by atoms with van der Waals surface area (Å²) in [6, 6.07) is 3.88. The highest BCUT2D eigenvalue weighted by atomic mass is 19.1. The van der Waals surface area contributed by atoms with E-state index in [9.17, 15) is 19.2 Å². The lowest BCUT2D eigenvalue weighted by Gasteiger charge is -2.41. The van der Waals surface area contributed by atoms with E-state index in [1.54, 1.807) is 4.90 Å². The molecule has 2 amide bonds. The van der Waals surface area contributed by atoms with E-state index >= 15 is 0 Å². The van der Waals surface area contributed by atoms with E-state index in [0.717, 1.165) is 19.3 Å². The van der Waals surface area contributed by atoms with Crippen LogP contribution in [0.2, 0.25) is 0 Å². The maximum absolute atomic E-state index is 13.4. The molecule has 4 rings (SSSR count). The van der Waals surface area contributed by atoms with Crippen LogP contribution in [0.15, 0.2) is 18.3 Å². The minimum atomic E-state index is -0.668. The van der Waals surface area contributed by atoms with E-state index in [2.05, 4.69) is 11.1 Å². The first kappa shape index (κ1) is 18.8. The number of nitrogens with two attached hydrogens (primary N) is 1. The number of carbonyl (C=O) groups excluding carboxylic acids is 2. The van der Waals surface area contributed by atoms with Crippen molar-refractivity contribution in [3.63, 3.8) is 0 Å². The summed E-state index contributed by atoms with van der Waals surface area (Å²) in [5.41, 5.74) is 6.63. The van der Waals surface area contributed by atoms with Crippen LogP contribution in [0.25, 0.3) is 0 Å². The van der Waals surface area contributed by atoms with E-state index in [1.165, 1.54) is 18.3 Å². The molecule has 8 heteroatoms. The SMILES string of the molecule is N#C[C@@H]1CCCN1C(=O)[C@@H](N)C1CC2CCC(C1)N2C(=O)c1ccnc(F)c1. The maximum atomic E-state index is 13.4. The number of rotatable bonds is 3. The van der Waals surface area contributed by atoms with Gasteiger partial charge < -0.3 is 15.5 Å². The van der Waals surface area contributed by atoms with Gasteiger partial charge in [0.15, 0.2) is 0 Å². The second kappa shape index (κ2) is 7.47. The van der Waals surface area contributed by atoms with Gasteiger partial charge in [-0.25, -0.2) is 4.98 Å². The molecule has 3 saturated heterocycles. The zero-order valence-electron chi connectivity index (χ0n) is 15.6. The number of nitriles is 1. The van der Waals surface area contributed by atoms with Crippen molar-refractivity contribution in [1.29, 1.82) is 5.26 Å². The Labute approximate surface area is 163 Å². The highest BCUT2D eigenvalue weighted by Crippen LogP contribution is 2.41. The molecular formula is C20H24FN5O2. The lowest BCUT2D eigenvalue weighted by Crippen LogP contribution is -2.54. The summed E-state index contributed by atoms with van der Waals surface area (Å²) >= 11 is 0. The molecule has 2 N–H and O–H groups in total. The predicted octanol–water partition coefficient (Wildman–Crippen LogP) is 1.45. The Morgan fingerprint density at radius 3 is 2.64 bits per heavy atom. The molecule has 28 heavy (non-hydrogen) atoms. The molecule has 0 radical (unpaired) electrons. The number of halogens is 1. The van der Waals surface area contributed by atoms with Crippen LogP contribution >= 0.6 is 0 Å². The molecule has 0 aliphatic carbocycles. The number of pyridine rings is 1. The molecule has 4 heterocycles. The van der Waals surface area contributed by atoms with Crippen LogP contribution in [0.1, 0.15) is 48.9 Å². The number of likely N-dealkylation sites (tertiary alicyclic amines) is 1. The lowest BCUT2D eigenvalue weighted by molar-refractivity contribution is -0.134. The molecule has 0 spiro atoms. The summed E-state index contributed by atoms with van der Waals surface area (Å²) in [6.07, 6.45) is 5.89. The average molecular weight is 385 g/mol. The van der Waals surface area contributed by atoms with E-state index < -0.39 is 12.0 Å². The first-order valence-corrected chi connectivity index (χ1v) is 9.89. The van der Waals surface area contributed by atoms with Gasteiger partial charge in [-0.1, -0.05) is 0 Å². The van der Waals surface area contributed by atoms with Crippen molar-refractivity contribution in [3.8, 4) is 6.07 Å². The Balaban J connectivity index is 1.45. The van der Waals surface area contributed by atoms with Gasteiger partial charge in [0.25, 0.3) is 5.91 Å². The van der Waals surface area contributed by atoms with E-state index in [0.29, 0.717) is 31.4 Å². The van der Waals surface area contributed by atoms with Crippen LogP contribution in [0.5, 0.6) is 0 Å². The average Bonchev–Trinajstić information content (AvgIpc) is 3.28. The second-order valence-corrected chi connectivity index (χ2v) is 8.04. The molecule has 3 aliphatic heterocycles.